The molecule has 3 rings (SSSR count). The molecule has 4 nitrogen and oxygen atoms in total. The first-order valence-corrected chi connectivity index (χ1v) is 7.29. The molecule has 1 aliphatic rings. The van der Waals surface area contributed by atoms with Crippen LogP contribution >= 0.6 is 0 Å². The summed E-state index contributed by atoms with van der Waals surface area (Å²) in [6.07, 6.45) is 5.77. The van der Waals surface area contributed by atoms with E-state index < -0.39 is 0 Å². The van der Waals surface area contributed by atoms with Crippen molar-refractivity contribution < 1.29 is 0 Å². The number of hydrogen-bond donors (Lipinski definition) is 0. The maximum absolute atomic E-state index is 4.38. The summed E-state index contributed by atoms with van der Waals surface area (Å²) in [4.78, 5) is 2.54. The Morgan fingerprint density at radius 2 is 2.26 bits per heavy atom. The van der Waals surface area contributed by atoms with Gasteiger partial charge in [0.05, 0.1) is 0 Å². The third-order valence-corrected chi connectivity index (χ3v) is 4.16. The second-order valence-corrected chi connectivity index (χ2v) is 5.65. The smallest absolute Gasteiger partial charge is 0.161 e. The van der Waals surface area contributed by atoms with Crippen molar-refractivity contribution in [2.24, 2.45) is 5.92 Å². The van der Waals surface area contributed by atoms with Gasteiger partial charge in [-0.2, -0.15) is 0 Å². The van der Waals surface area contributed by atoms with E-state index in [1.165, 1.54) is 31.5 Å². The summed E-state index contributed by atoms with van der Waals surface area (Å²) in [6, 6.07) is 4.22. The number of aryl methyl sites for hydroxylation is 1. The summed E-state index contributed by atoms with van der Waals surface area (Å²) in [5.41, 5.74) is 2.21. The lowest BCUT2D eigenvalue weighted by molar-refractivity contribution is 0.180. The standard InChI is InChI=1S/C15H22N4/c1-3-18-7-4-5-13(11-18)10-15-17-16-14-9-12(2)6-8-19(14)15/h6,8-9,13H,3-5,7,10-11H2,1-2H3. The van der Waals surface area contributed by atoms with Crippen molar-refractivity contribution in [2.45, 2.75) is 33.1 Å². The van der Waals surface area contributed by atoms with Crippen molar-refractivity contribution in [3.8, 4) is 0 Å². The maximum atomic E-state index is 4.38. The van der Waals surface area contributed by atoms with Crippen LogP contribution in [0.4, 0.5) is 0 Å². The van der Waals surface area contributed by atoms with Crippen LogP contribution in [-0.4, -0.2) is 39.1 Å². The summed E-state index contributed by atoms with van der Waals surface area (Å²) >= 11 is 0. The summed E-state index contributed by atoms with van der Waals surface area (Å²) in [6.45, 7) is 7.96. The van der Waals surface area contributed by atoms with Gasteiger partial charge < -0.3 is 4.90 Å². The minimum absolute atomic E-state index is 0.724. The third kappa shape index (κ3) is 2.63. The van der Waals surface area contributed by atoms with Gasteiger partial charge in [0, 0.05) is 19.2 Å². The van der Waals surface area contributed by atoms with Crippen LogP contribution in [0.5, 0.6) is 0 Å². The SMILES string of the molecule is CCN1CCCC(Cc2nnc3cc(C)ccn23)C1. The molecule has 2 aromatic rings. The fourth-order valence-corrected chi connectivity index (χ4v) is 3.04. The molecule has 0 aliphatic carbocycles. The number of fused-ring (bicyclic) bond motifs is 1. The van der Waals surface area contributed by atoms with Gasteiger partial charge in [0.1, 0.15) is 5.82 Å². The predicted molar refractivity (Wildman–Crippen MR) is 76.3 cm³/mol. The van der Waals surface area contributed by atoms with Crippen molar-refractivity contribution >= 4 is 5.65 Å². The van der Waals surface area contributed by atoms with E-state index in [1.54, 1.807) is 0 Å². The summed E-state index contributed by atoms with van der Waals surface area (Å²) in [5.74, 6) is 1.83. The number of rotatable bonds is 3. The largest absolute Gasteiger partial charge is 0.303 e. The van der Waals surface area contributed by atoms with Crippen molar-refractivity contribution in [1.82, 2.24) is 19.5 Å². The molecule has 0 spiro atoms. The third-order valence-electron chi connectivity index (χ3n) is 4.16. The molecule has 0 N–H and O–H groups in total. The Labute approximate surface area is 114 Å². The number of likely N-dealkylation sites (tertiary alicyclic amines) is 1. The molecule has 0 amide bonds. The van der Waals surface area contributed by atoms with Crippen molar-refractivity contribution in [1.29, 1.82) is 0 Å². The Balaban J connectivity index is 1.77. The van der Waals surface area contributed by atoms with Crippen molar-refractivity contribution in [3.63, 3.8) is 0 Å². The highest BCUT2D eigenvalue weighted by Crippen LogP contribution is 2.20. The molecule has 1 aliphatic heterocycles. The maximum Gasteiger partial charge on any atom is 0.161 e. The molecule has 0 saturated carbocycles. The molecule has 102 valence electrons. The fourth-order valence-electron chi connectivity index (χ4n) is 3.04. The molecule has 0 radical (unpaired) electrons. The highest BCUT2D eigenvalue weighted by atomic mass is 15.2. The first kappa shape index (κ1) is 12.6. The van der Waals surface area contributed by atoms with Gasteiger partial charge >= 0.3 is 0 Å². The quantitative estimate of drug-likeness (QED) is 0.847. The molecular formula is C15H22N4. The Bertz CT molecular complexity index is 560. The average Bonchev–Trinajstić information content (AvgIpc) is 2.81. The second-order valence-electron chi connectivity index (χ2n) is 5.65. The molecule has 0 aromatic carbocycles. The van der Waals surface area contributed by atoms with E-state index in [4.69, 9.17) is 0 Å². The van der Waals surface area contributed by atoms with Crippen LogP contribution in [-0.2, 0) is 6.42 Å². The van der Waals surface area contributed by atoms with Crippen molar-refractivity contribution in [2.75, 3.05) is 19.6 Å². The highest BCUT2D eigenvalue weighted by Gasteiger charge is 2.20. The predicted octanol–water partition coefficient (Wildman–Crippen LogP) is 2.31. The van der Waals surface area contributed by atoms with Gasteiger partial charge in [-0.15, -0.1) is 10.2 Å². The first-order valence-electron chi connectivity index (χ1n) is 7.29. The highest BCUT2D eigenvalue weighted by molar-refractivity contribution is 5.40. The Morgan fingerprint density at radius 3 is 3.11 bits per heavy atom. The molecule has 1 fully saturated rings. The van der Waals surface area contributed by atoms with Crippen LogP contribution in [0.2, 0.25) is 0 Å². The summed E-state index contributed by atoms with van der Waals surface area (Å²) in [7, 11) is 0. The van der Waals surface area contributed by atoms with Crippen LogP contribution in [0, 0.1) is 12.8 Å². The molecule has 1 atom stereocenters. The van der Waals surface area contributed by atoms with Crippen LogP contribution < -0.4 is 0 Å². The first-order chi connectivity index (χ1) is 9.26. The lowest BCUT2D eigenvalue weighted by atomic mass is 9.94. The number of hydrogen-bond acceptors (Lipinski definition) is 3. The average molecular weight is 258 g/mol. The van der Waals surface area contributed by atoms with Crippen LogP contribution in [0.25, 0.3) is 5.65 Å². The van der Waals surface area contributed by atoms with E-state index in [9.17, 15) is 0 Å². The normalized spacial score (nSPS) is 21.1. The molecular weight excluding hydrogens is 236 g/mol. The number of nitrogens with zero attached hydrogens (tertiary/aromatic N) is 4. The van der Waals surface area contributed by atoms with Gasteiger partial charge in [-0.05, 0) is 56.5 Å². The molecule has 3 heterocycles. The Kier molecular flexibility index (Phi) is 3.51. The summed E-state index contributed by atoms with van der Waals surface area (Å²) in [5, 5.41) is 8.66. The van der Waals surface area contributed by atoms with E-state index in [1.807, 2.05) is 0 Å². The van der Waals surface area contributed by atoms with E-state index in [2.05, 4.69) is 51.7 Å². The molecule has 4 heteroatoms. The van der Waals surface area contributed by atoms with E-state index >= 15 is 0 Å². The van der Waals surface area contributed by atoms with E-state index in [0.29, 0.717) is 0 Å². The molecule has 1 unspecified atom stereocenters. The lowest BCUT2D eigenvalue weighted by Gasteiger charge is -2.31. The zero-order valence-electron chi connectivity index (χ0n) is 11.8. The van der Waals surface area contributed by atoms with Gasteiger partial charge in [-0.3, -0.25) is 4.40 Å². The fraction of sp³-hybridized carbons (Fsp3) is 0.600. The molecule has 2 aromatic heterocycles. The number of piperidine rings is 1. The summed E-state index contributed by atoms with van der Waals surface area (Å²) < 4.78 is 2.14. The number of aromatic nitrogens is 3. The number of pyridine rings is 1. The Hall–Kier alpha value is -1.42. The molecule has 1 saturated heterocycles. The molecule has 19 heavy (non-hydrogen) atoms. The van der Waals surface area contributed by atoms with Gasteiger partial charge in [-0.1, -0.05) is 6.92 Å². The van der Waals surface area contributed by atoms with E-state index in [-0.39, 0.29) is 0 Å². The van der Waals surface area contributed by atoms with Crippen LogP contribution in [0.15, 0.2) is 18.3 Å². The topological polar surface area (TPSA) is 33.4 Å². The Morgan fingerprint density at radius 1 is 1.37 bits per heavy atom. The van der Waals surface area contributed by atoms with Gasteiger partial charge in [-0.25, -0.2) is 0 Å². The van der Waals surface area contributed by atoms with E-state index in [0.717, 1.165) is 30.4 Å². The van der Waals surface area contributed by atoms with Crippen LogP contribution in [0.1, 0.15) is 31.2 Å². The van der Waals surface area contributed by atoms with Gasteiger partial charge in [0.25, 0.3) is 0 Å². The lowest BCUT2D eigenvalue weighted by Crippen LogP contribution is -2.36. The minimum Gasteiger partial charge on any atom is -0.303 e. The monoisotopic (exact) mass is 258 g/mol. The second kappa shape index (κ2) is 5.29. The zero-order chi connectivity index (χ0) is 13.2. The molecule has 0 bridgehead atoms. The van der Waals surface area contributed by atoms with Crippen LogP contribution in [0.3, 0.4) is 0 Å². The van der Waals surface area contributed by atoms with Gasteiger partial charge in [0.2, 0.25) is 0 Å². The van der Waals surface area contributed by atoms with Gasteiger partial charge in [0.15, 0.2) is 5.65 Å². The zero-order valence-corrected chi connectivity index (χ0v) is 11.8. The van der Waals surface area contributed by atoms with Crippen molar-refractivity contribution in [3.05, 3.63) is 29.7 Å². The minimum atomic E-state index is 0.724.